The quantitative estimate of drug-likeness (QED) is 0.651. The molecule has 0 radical (unpaired) electrons. The van der Waals surface area contributed by atoms with Gasteiger partial charge in [0.1, 0.15) is 11.5 Å². The van der Waals surface area contributed by atoms with E-state index in [1.807, 2.05) is 6.92 Å². The van der Waals surface area contributed by atoms with Crippen LogP contribution in [0.15, 0.2) is 42.5 Å². The van der Waals surface area contributed by atoms with Crippen LogP contribution in [0.5, 0.6) is 11.5 Å². The predicted octanol–water partition coefficient (Wildman–Crippen LogP) is 4.72. The molecule has 0 spiro atoms. The van der Waals surface area contributed by atoms with Crippen molar-refractivity contribution in [3.63, 3.8) is 0 Å². The number of rotatable bonds is 8. The molecule has 0 aromatic heterocycles. The Morgan fingerprint density at radius 1 is 1.08 bits per heavy atom. The molecule has 26 heavy (non-hydrogen) atoms. The minimum atomic E-state index is -0.268. The molecule has 5 nitrogen and oxygen atoms in total. The molecule has 2 aromatic carbocycles. The van der Waals surface area contributed by atoms with Gasteiger partial charge in [-0.05, 0) is 43.3 Å². The fraction of sp³-hybridized carbons (Fsp3) is 0.263. The fourth-order valence-electron chi connectivity index (χ4n) is 2.24. The first-order valence-corrected chi connectivity index (χ1v) is 8.78. The van der Waals surface area contributed by atoms with Crippen LogP contribution in [0, 0.1) is 11.3 Å². The lowest BCUT2D eigenvalue weighted by Crippen LogP contribution is -2.35. The maximum absolute atomic E-state index is 12.6. The summed E-state index contributed by atoms with van der Waals surface area (Å²) in [6.45, 7) is 2.55. The highest BCUT2D eigenvalue weighted by Gasteiger charge is 2.16. The lowest BCUT2D eigenvalue weighted by Gasteiger charge is -2.22. The van der Waals surface area contributed by atoms with Crippen LogP contribution in [0.3, 0.4) is 0 Å². The largest absolute Gasteiger partial charge is 0.494 e. The van der Waals surface area contributed by atoms with Gasteiger partial charge in [0.25, 0.3) is 5.91 Å². The van der Waals surface area contributed by atoms with Gasteiger partial charge in [-0.1, -0.05) is 23.2 Å². The van der Waals surface area contributed by atoms with Gasteiger partial charge in [0.15, 0.2) is 6.61 Å². The third kappa shape index (κ3) is 5.55. The molecule has 0 bridgehead atoms. The smallest absolute Gasteiger partial charge is 0.264 e. The molecule has 7 heteroatoms. The molecule has 0 saturated heterocycles. The van der Waals surface area contributed by atoms with Crippen molar-refractivity contribution < 1.29 is 14.3 Å². The second kappa shape index (κ2) is 9.91. The normalized spacial score (nSPS) is 10.1. The molecule has 0 N–H and O–H groups in total. The Balaban J connectivity index is 2.08. The summed E-state index contributed by atoms with van der Waals surface area (Å²) < 4.78 is 10.9. The molecule has 0 aliphatic rings. The van der Waals surface area contributed by atoms with Crippen LogP contribution in [-0.4, -0.2) is 25.7 Å². The van der Waals surface area contributed by atoms with Crippen molar-refractivity contribution in [3.8, 4) is 17.6 Å². The summed E-state index contributed by atoms with van der Waals surface area (Å²) in [5.74, 6) is 0.895. The van der Waals surface area contributed by atoms with Crippen LogP contribution >= 0.6 is 23.2 Å². The molecule has 0 unspecified atom stereocenters. The van der Waals surface area contributed by atoms with Crippen molar-refractivity contribution in [1.29, 1.82) is 5.26 Å². The molecule has 136 valence electrons. The van der Waals surface area contributed by atoms with Crippen molar-refractivity contribution in [2.45, 2.75) is 13.3 Å². The molecule has 1 amide bonds. The summed E-state index contributed by atoms with van der Waals surface area (Å²) in [6, 6.07) is 14.0. The molecule has 0 atom stereocenters. The molecule has 0 aliphatic heterocycles. The van der Waals surface area contributed by atoms with Gasteiger partial charge in [-0.25, -0.2) is 0 Å². The zero-order chi connectivity index (χ0) is 18.9. The number of benzene rings is 2. The van der Waals surface area contributed by atoms with E-state index in [-0.39, 0.29) is 25.5 Å². The van der Waals surface area contributed by atoms with E-state index in [1.165, 1.54) is 4.90 Å². The molecular weight excluding hydrogens is 375 g/mol. The average molecular weight is 393 g/mol. The van der Waals surface area contributed by atoms with Crippen molar-refractivity contribution in [2.75, 3.05) is 24.7 Å². The molecule has 2 aromatic rings. The fourth-order valence-corrected chi connectivity index (χ4v) is 2.53. The summed E-state index contributed by atoms with van der Waals surface area (Å²) in [7, 11) is 0. The summed E-state index contributed by atoms with van der Waals surface area (Å²) in [4.78, 5) is 14.1. The Morgan fingerprint density at radius 2 is 1.77 bits per heavy atom. The predicted molar refractivity (Wildman–Crippen MR) is 102 cm³/mol. The van der Waals surface area contributed by atoms with Gasteiger partial charge < -0.3 is 14.4 Å². The van der Waals surface area contributed by atoms with Crippen LogP contribution in [0.4, 0.5) is 5.69 Å². The summed E-state index contributed by atoms with van der Waals surface area (Å²) in [6.07, 6.45) is 0.214. The third-order valence-electron chi connectivity index (χ3n) is 3.46. The van der Waals surface area contributed by atoms with Gasteiger partial charge in [-0.15, -0.1) is 0 Å². The van der Waals surface area contributed by atoms with Crippen molar-refractivity contribution >= 4 is 34.8 Å². The lowest BCUT2D eigenvalue weighted by molar-refractivity contribution is -0.120. The summed E-state index contributed by atoms with van der Waals surface area (Å²) in [5, 5.41) is 9.62. The Kier molecular flexibility index (Phi) is 7.58. The first-order valence-electron chi connectivity index (χ1n) is 8.03. The van der Waals surface area contributed by atoms with Crippen molar-refractivity contribution in [1.82, 2.24) is 0 Å². The Morgan fingerprint density at radius 3 is 2.38 bits per heavy atom. The van der Waals surface area contributed by atoms with Gasteiger partial charge >= 0.3 is 0 Å². The maximum Gasteiger partial charge on any atom is 0.264 e. The van der Waals surface area contributed by atoms with E-state index in [0.29, 0.717) is 28.1 Å². The Hall–Kier alpha value is -2.42. The Bertz CT molecular complexity index is 788. The van der Waals surface area contributed by atoms with Gasteiger partial charge in [-0.3, -0.25) is 4.79 Å². The summed E-state index contributed by atoms with van der Waals surface area (Å²) >= 11 is 11.8. The number of anilines is 1. The van der Waals surface area contributed by atoms with Crippen molar-refractivity contribution in [3.05, 3.63) is 52.5 Å². The molecule has 0 aliphatic carbocycles. The number of hydrogen-bond donors (Lipinski definition) is 0. The van der Waals surface area contributed by atoms with E-state index in [4.69, 9.17) is 37.9 Å². The number of amides is 1. The topological polar surface area (TPSA) is 62.6 Å². The van der Waals surface area contributed by atoms with Gasteiger partial charge in [0.2, 0.25) is 0 Å². The van der Waals surface area contributed by atoms with Crippen LogP contribution in [0.1, 0.15) is 13.3 Å². The van der Waals surface area contributed by atoms with Gasteiger partial charge in [0.05, 0.1) is 29.1 Å². The second-order valence-corrected chi connectivity index (χ2v) is 6.06. The molecular formula is C19H18Cl2N2O3. The van der Waals surface area contributed by atoms with E-state index >= 15 is 0 Å². The van der Waals surface area contributed by atoms with Crippen LogP contribution < -0.4 is 14.4 Å². The number of carbonyl (C=O) groups excluding carboxylic acids is 1. The number of carbonyl (C=O) groups is 1. The minimum Gasteiger partial charge on any atom is -0.494 e. The van der Waals surface area contributed by atoms with E-state index in [2.05, 4.69) is 6.07 Å². The highest BCUT2D eigenvalue weighted by molar-refractivity contribution is 6.42. The Labute approximate surface area is 162 Å². The first-order chi connectivity index (χ1) is 12.5. The minimum absolute atomic E-state index is 0.184. The molecule has 2 rings (SSSR count). The molecule has 0 fully saturated rings. The van der Waals surface area contributed by atoms with Gasteiger partial charge in [-0.2, -0.15) is 5.26 Å². The highest BCUT2D eigenvalue weighted by Crippen LogP contribution is 2.26. The lowest BCUT2D eigenvalue weighted by atomic mass is 10.2. The number of nitriles is 1. The van der Waals surface area contributed by atoms with E-state index in [1.54, 1.807) is 42.5 Å². The zero-order valence-electron chi connectivity index (χ0n) is 14.2. The summed E-state index contributed by atoms with van der Waals surface area (Å²) in [5.41, 5.74) is 0.673. The SMILES string of the molecule is CCOc1ccc(N(CCC#N)C(=O)COc2ccc(Cl)c(Cl)c2)cc1. The second-order valence-electron chi connectivity index (χ2n) is 5.24. The monoisotopic (exact) mass is 392 g/mol. The van der Waals surface area contributed by atoms with Crippen LogP contribution in [0.25, 0.3) is 0 Å². The number of hydrogen-bond acceptors (Lipinski definition) is 4. The number of ether oxygens (including phenoxy) is 2. The van der Waals surface area contributed by atoms with E-state index in [9.17, 15) is 4.79 Å². The third-order valence-corrected chi connectivity index (χ3v) is 4.20. The number of nitrogens with zero attached hydrogens (tertiary/aromatic N) is 2. The van der Waals surface area contributed by atoms with E-state index in [0.717, 1.165) is 5.75 Å². The average Bonchev–Trinajstić information content (AvgIpc) is 2.64. The highest BCUT2D eigenvalue weighted by atomic mass is 35.5. The van der Waals surface area contributed by atoms with Crippen LogP contribution in [-0.2, 0) is 4.79 Å². The number of halogens is 2. The maximum atomic E-state index is 12.6. The zero-order valence-corrected chi connectivity index (χ0v) is 15.8. The molecule has 0 heterocycles. The van der Waals surface area contributed by atoms with Crippen LogP contribution in [0.2, 0.25) is 10.0 Å². The van der Waals surface area contributed by atoms with Crippen molar-refractivity contribution in [2.24, 2.45) is 0 Å². The first kappa shape index (κ1) is 19.9. The standard InChI is InChI=1S/C19H18Cl2N2O3/c1-2-25-15-6-4-14(5-7-15)23(11-3-10-22)19(24)13-26-16-8-9-17(20)18(21)12-16/h4-9,12H,2-3,11,13H2,1H3. The molecule has 0 saturated carbocycles. The van der Waals surface area contributed by atoms with Gasteiger partial charge in [0, 0.05) is 18.3 Å². The van der Waals surface area contributed by atoms with E-state index < -0.39 is 0 Å².